The van der Waals surface area contributed by atoms with Crippen LogP contribution in [0.5, 0.6) is 11.5 Å². The molecule has 0 N–H and O–H groups in total. The number of para-hydroxylation sites is 2. The molecule has 3 rings (SSSR count). The van der Waals surface area contributed by atoms with Crippen molar-refractivity contribution in [1.29, 1.82) is 0 Å². The summed E-state index contributed by atoms with van der Waals surface area (Å²) >= 11 is 0. The third-order valence-electron chi connectivity index (χ3n) is 4.44. The van der Waals surface area contributed by atoms with Crippen molar-refractivity contribution in [3.05, 3.63) is 66.4 Å². The van der Waals surface area contributed by atoms with Crippen molar-refractivity contribution in [2.24, 2.45) is 0 Å². The minimum atomic E-state index is -4.70. The van der Waals surface area contributed by atoms with E-state index in [2.05, 4.69) is 14.5 Å². The van der Waals surface area contributed by atoms with Gasteiger partial charge in [0.15, 0.2) is 0 Å². The second-order valence-electron chi connectivity index (χ2n) is 6.44. The molecule has 0 bridgehead atoms. The molecule has 0 saturated carbocycles. The van der Waals surface area contributed by atoms with Crippen LogP contribution in [-0.2, 0) is 0 Å². The van der Waals surface area contributed by atoms with Crippen LogP contribution in [0.1, 0.15) is 5.56 Å². The van der Waals surface area contributed by atoms with Gasteiger partial charge in [0.1, 0.15) is 18.1 Å². The van der Waals surface area contributed by atoms with Gasteiger partial charge in [0.25, 0.3) is 0 Å². The fraction of sp³-hybridized carbons (Fsp3) is 0.333. The Balaban J connectivity index is 1.44. The first-order chi connectivity index (χ1) is 13.5. The summed E-state index contributed by atoms with van der Waals surface area (Å²) in [7, 11) is 0. The van der Waals surface area contributed by atoms with E-state index in [1.807, 2.05) is 36.5 Å². The van der Waals surface area contributed by atoms with E-state index in [0.29, 0.717) is 12.2 Å². The summed E-state index contributed by atoms with van der Waals surface area (Å²) in [5, 5.41) is 0. The Morgan fingerprint density at radius 1 is 0.893 bits per heavy atom. The van der Waals surface area contributed by atoms with Crippen molar-refractivity contribution in [3.8, 4) is 11.5 Å². The summed E-state index contributed by atoms with van der Waals surface area (Å²) in [4.78, 5) is 4.41. The van der Waals surface area contributed by atoms with Gasteiger partial charge in [0.05, 0.1) is 0 Å². The van der Waals surface area contributed by atoms with Crippen LogP contribution in [0.2, 0.25) is 0 Å². The molecule has 1 fully saturated rings. The van der Waals surface area contributed by atoms with Crippen LogP contribution < -0.4 is 9.47 Å². The molecule has 0 amide bonds. The number of hydrogen-bond acceptors (Lipinski definition) is 4. The standard InChI is InChI=1S/C21H23F3N2O2/c22-21(23,24)28-20-9-5-4-6-18(20)10-11-25-12-14-26(15-13-25)16-17-27-19-7-2-1-3-8-19/h1-11H,12-17H2. The number of ether oxygens (including phenoxy) is 2. The van der Waals surface area contributed by atoms with Gasteiger partial charge in [-0.3, -0.25) is 4.90 Å². The third kappa shape index (κ3) is 6.49. The Hall–Kier alpha value is -2.67. The highest BCUT2D eigenvalue weighted by atomic mass is 19.4. The lowest BCUT2D eigenvalue weighted by atomic mass is 10.2. The minimum Gasteiger partial charge on any atom is -0.492 e. The van der Waals surface area contributed by atoms with E-state index >= 15 is 0 Å². The molecule has 2 aromatic rings. The normalized spacial score (nSPS) is 15.8. The topological polar surface area (TPSA) is 24.9 Å². The predicted molar refractivity (Wildman–Crippen MR) is 102 cm³/mol. The molecular formula is C21H23F3N2O2. The molecule has 0 atom stereocenters. The van der Waals surface area contributed by atoms with Gasteiger partial charge >= 0.3 is 6.36 Å². The maximum atomic E-state index is 12.5. The van der Waals surface area contributed by atoms with E-state index in [-0.39, 0.29) is 5.75 Å². The van der Waals surface area contributed by atoms with Crippen molar-refractivity contribution in [1.82, 2.24) is 9.80 Å². The third-order valence-corrected chi connectivity index (χ3v) is 4.44. The van der Waals surface area contributed by atoms with Crippen LogP contribution in [0.25, 0.3) is 6.08 Å². The zero-order valence-corrected chi connectivity index (χ0v) is 15.4. The highest BCUT2D eigenvalue weighted by Gasteiger charge is 2.31. The maximum Gasteiger partial charge on any atom is 0.573 e. The highest BCUT2D eigenvalue weighted by molar-refractivity contribution is 5.56. The van der Waals surface area contributed by atoms with Gasteiger partial charge in [-0.05, 0) is 30.5 Å². The average molecular weight is 392 g/mol. The Morgan fingerprint density at radius 2 is 1.57 bits per heavy atom. The monoisotopic (exact) mass is 392 g/mol. The average Bonchev–Trinajstić information content (AvgIpc) is 2.68. The van der Waals surface area contributed by atoms with Gasteiger partial charge in [0.2, 0.25) is 0 Å². The van der Waals surface area contributed by atoms with Crippen LogP contribution in [-0.4, -0.2) is 55.5 Å². The first-order valence-corrected chi connectivity index (χ1v) is 9.17. The first-order valence-electron chi connectivity index (χ1n) is 9.17. The molecule has 1 saturated heterocycles. The van der Waals surface area contributed by atoms with E-state index in [4.69, 9.17) is 4.74 Å². The van der Waals surface area contributed by atoms with Crippen LogP contribution in [0.3, 0.4) is 0 Å². The van der Waals surface area contributed by atoms with Crippen molar-refractivity contribution >= 4 is 6.08 Å². The summed E-state index contributed by atoms with van der Waals surface area (Å²) in [5.41, 5.74) is 0.401. The van der Waals surface area contributed by atoms with E-state index < -0.39 is 6.36 Å². The molecule has 2 aromatic carbocycles. The van der Waals surface area contributed by atoms with Gasteiger partial charge in [-0.2, -0.15) is 0 Å². The fourth-order valence-corrected chi connectivity index (χ4v) is 2.97. The molecule has 0 unspecified atom stereocenters. The van der Waals surface area contributed by atoms with Crippen molar-refractivity contribution in [2.75, 3.05) is 39.3 Å². The SMILES string of the molecule is FC(F)(F)Oc1ccccc1C=CN1CCN(CCOc2ccccc2)CC1. The van der Waals surface area contributed by atoms with Crippen LogP contribution in [0.15, 0.2) is 60.8 Å². The summed E-state index contributed by atoms with van der Waals surface area (Å²) in [6.07, 6.45) is -1.21. The Bertz CT molecular complexity index is 758. The van der Waals surface area contributed by atoms with Gasteiger partial charge in [0, 0.05) is 38.3 Å². The van der Waals surface area contributed by atoms with Crippen LogP contribution in [0, 0.1) is 0 Å². The molecule has 1 aliphatic rings. The summed E-state index contributed by atoms with van der Waals surface area (Å²) in [6, 6.07) is 15.8. The molecule has 0 spiro atoms. The number of benzene rings is 2. The van der Waals surface area contributed by atoms with Crippen molar-refractivity contribution < 1.29 is 22.6 Å². The van der Waals surface area contributed by atoms with Crippen LogP contribution in [0.4, 0.5) is 13.2 Å². The summed E-state index contributed by atoms with van der Waals surface area (Å²) < 4.78 is 47.3. The second kappa shape index (κ2) is 9.50. The lowest BCUT2D eigenvalue weighted by Gasteiger charge is -2.34. The highest BCUT2D eigenvalue weighted by Crippen LogP contribution is 2.27. The lowest BCUT2D eigenvalue weighted by Crippen LogP contribution is -2.45. The maximum absolute atomic E-state index is 12.5. The van der Waals surface area contributed by atoms with E-state index in [1.165, 1.54) is 12.1 Å². The number of piperazine rings is 1. The molecule has 7 heteroatoms. The lowest BCUT2D eigenvalue weighted by molar-refractivity contribution is -0.274. The van der Waals surface area contributed by atoms with E-state index in [0.717, 1.165) is 38.5 Å². The number of nitrogens with zero attached hydrogens (tertiary/aromatic N) is 2. The zero-order valence-electron chi connectivity index (χ0n) is 15.4. The zero-order chi connectivity index (χ0) is 19.8. The number of alkyl halides is 3. The Kier molecular flexibility index (Phi) is 6.81. The van der Waals surface area contributed by atoms with Crippen molar-refractivity contribution in [2.45, 2.75) is 6.36 Å². The number of hydrogen-bond donors (Lipinski definition) is 0. The largest absolute Gasteiger partial charge is 0.573 e. The molecule has 0 aliphatic carbocycles. The molecule has 1 aliphatic heterocycles. The molecule has 1 heterocycles. The number of halogens is 3. The predicted octanol–water partition coefficient (Wildman–Crippen LogP) is 4.25. The van der Waals surface area contributed by atoms with Crippen LogP contribution >= 0.6 is 0 Å². The number of rotatable bonds is 7. The van der Waals surface area contributed by atoms with E-state index in [1.54, 1.807) is 18.2 Å². The molecule has 4 nitrogen and oxygen atoms in total. The fourth-order valence-electron chi connectivity index (χ4n) is 2.97. The van der Waals surface area contributed by atoms with Gasteiger partial charge in [-0.25, -0.2) is 0 Å². The minimum absolute atomic E-state index is 0.192. The Labute approximate surface area is 162 Å². The summed E-state index contributed by atoms with van der Waals surface area (Å²) in [6.45, 7) is 4.84. The second-order valence-corrected chi connectivity index (χ2v) is 6.44. The molecular weight excluding hydrogens is 369 g/mol. The smallest absolute Gasteiger partial charge is 0.492 e. The Morgan fingerprint density at radius 3 is 2.29 bits per heavy atom. The summed E-state index contributed by atoms with van der Waals surface area (Å²) in [5.74, 6) is 0.673. The van der Waals surface area contributed by atoms with Gasteiger partial charge < -0.3 is 14.4 Å². The molecule has 150 valence electrons. The first kappa shape index (κ1) is 20.1. The quantitative estimate of drug-likeness (QED) is 0.703. The molecule has 0 radical (unpaired) electrons. The van der Waals surface area contributed by atoms with Gasteiger partial charge in [-0.1, -0.05) is 36.4 Å². The van der Waals surface area contributed by atoms with Gasteiger partial charge in [-0.15, -0.1) is 13.2 Å². The molecule has 28 heavy (non-hydrogen) atoms. The molecule has 0 aromatic heterocycles. The van der Waals surface area contributed by atoms with E-state index in [9.17, 15) is 13.2 Å². The van der Waals surface area contributed by atoms with Crippen molar-refractivity contribution in [3.63, 3.8) is 0 Å².